The topological polar surface area (TPSA) is 54.0 Å². The van der Waals surface area contributed by atoms with Gasteiger partial charge in [-0.1, -0.05) is 40.0 Å². The number of hydrogen-bond acceptors (Lipinski definition) is 5. The second-order valence-corrected chi connectivity index (χ2v) is 10.9. The Morgan fingerprint density at radius 1 is 0.909 bits per heavy atom. The molecule has 0 heterocycles. The maximum atomic E-state index is 11.1. The Bertz CT molecular complexity index is 314. The van der Waals surface area contributed by atoms with Gasteiger partial charge in [0.05, 0.1) is 0 Å². The van der Waals surface area contributed by atoms with E-state index in [0.29, 0.717) is 12.8 Å². The van der Waals surface area contributed by atoms with E-state index in [-0.39, 0.29) is 0 Å². The minimum Gasteiger partial charge on any atom is -0.296 e. The van der Waals surface area contributed by atoms with E-state index in [2.05, 4.69) is 20.8 Å². The zero-order chi connectivity index (χ0) is 16.5. The summed E-state index contributed by atoms with van der Waals surface area (Å²) in [5.41, 5.74) is 0. The van der Waals surface area contributed by atoms with Crippen molar-refractivity contribution in [3.05, 3.63) is 0 Å². The summed E-state index contributed by atoms with van der Waals surface area (Å²) in [6, 6.07) is 3.01. The van der Waals surface area contributed by atoms with Crippen LogP contribution in [-0.4, -0.2) is 20.1 Å². The molecule has 0 aromatic heterocycles. The average Bonchev–Trinajstić information content (AvgIpc) is 2.50. The highest BCUT2D eigenvalue weighted by Crippen LogP contribution is 2.34. The van der Waals surface area contributed by atoms with E-state index in [9.17, 15) is 4.79 Å². The molecule has 0 aromatic rings. The van der Waals surface area contributed by atoms with E-state index in [0.717, 1.165) is 43.8 Å². The Morgan fingerprint density at radius 2 is 1.41 bits per heavy atom. The van der Waals surface area contributed by atoms with Crippen LogP contribution in [0.2, 0.25) is 18.1 Å². The standard InChI is InChI=1S/C16H32O5Si/c1-5-22(6-2,7-3)21-20-16(19-18-15(4)17)13-11-9-8-10-12-14-16/h5-14H2,1-4H3. The van der Waals surface area contributed by atoms with Crippen molar-refractivity contribution in [2.24, 2.45) is 0 Å². The van der Waals surface area contributed by atoms with Gasteiger partial charge in [0.15, 0.2) is 0 Å². The van der Waals surface area contributed by atoms with Crippen molar-refractivity contribution >= 4 is 14.3 Å². The molecule has 1 aliphatic carbocycles. The van der Waals surface area contributed by atoms with E-state index in [1.54, 1.807) is 0 Å². The number of hydrogen-bond donors (Lipinski definition) is 0. The van der Waals surface area contributed by atoms with Crippen LogP contribution in [0.4, 0.5) is 0 Å². The second kappa shape index (κ2) is 9.65. The quantitative estimate of drug-likeness (QED) is 0.274. The van der Waals surface area contributed by atoms with Crippen LogP contribution in [0, 0.1) is 0 Å². The predicted octanol–water partition coefficient (Wildman–Crippen LogP) is 4.88. The normalized spacial score (nSPS) is 19.3. The van der Waals surface area contributed by atoms with E-state index in [1.807, 2.05) is 0 Å². The summed E-state index contributed by atoms with van der Waals surface area (Å²) in [5.74, 6) is -1.40. The third kappa shape index (κ3) is 5.99. The molecule has 1 fully saturated rings. The summed E-state index contributed by atoms with van der Waals surface area (Å²) < 4.78 is 5.97. The van der Waals surface area contributed by atoms with E-state index in [1.165, 1.54) is 13.3 Å². The van der Waals surface area contributed by atoms with Crippen LogP contribution >= 0.6 is 0 Å². The zero-order valence-corrected chi connectivity index (χ0v) is 15.6. The summed E-state index contributed by atoms with van der Waals surface area (Å²) >= 11 is 0. The van der Waals surface area contributed by atoms with Gasteiger partial charge in [0, 0.05) is 19.8 Å². The first kappa shape index (κ1) is 19.6. The van der Waals surface area contributed by atoms with Gasteiger partial charge in [-0.25, -0.2) is 9.68 Å². The third-order valence-corrected chi connectivity index (χ3v) is 9.03. The van der Waals surface area contributed by atoms with Gasteiger partial charge in [-0.15, -0.1) is 4.89 Å². The maximum absolute atomic E-state index is 11.1. The van der Waals surface area contributed by atoms with Gasteiger partial charge in [-0.3, -0.25) is 9.46 Å². The SMILES string of the molecule is CC[Si](CC)(CC)OOC1(OOC(C)=O)CCCCCCC1. The van der Waals surface area contributed by atoms with Crippen LogP contribution in [0.15, 0.2) is 0 Å². The molecule has 0 spiro atoms. The number of carbonyl (C=O) groups is 1. The van der Waals surface area contributed by atoms with Gasteiger partial charge in [0.1, 0.15) is 0 Å². The molecule has 0 aromatic carbocycles. The minimum atomic E-state index is -1.88. The van der Waals surface area contributed by atoms with Crippen molar-refractivity contribution in [1.29, 1.82) is 0 Å². The fourth-order valence-electron chi connectivity index (χ4n) is 2.85. The summed E-state index contributed by atoms with van der Waals surface area (Å²) in [7, 11) is -1.88. The lowest BCUT2D eigenvalue weighted by Crippen LogP contribution is -2.44. The van der Waals surface area contributed by atoms with Crippen LogP contribution < -0.4 is 0 Å². The van der Waals surface area contributed by atoms with E-state index >= 15 is 0 Å². The average molecular weight is 333 g/mol. The first-order chi connectivity index (χ1) is 10.5. The summed E-state index contributed by atoms with van der Waals surface area (Å²) in [4.78, 5) is 27.2. The van der Waals surface area contributed by atoms with Gasteiger partial charge in [-0.2, -0.15) is 0 Å². The van der Waals surface area contributed by atoms with Gasteiger partial charge >= 0.3 is 5.97 Å². The molecule has 22 heavy (non-hydrogen) atoms. The Morgan fingerprint density at radius 3 is 1.86 bits per heavy atom. The van der Waals surface area contributed by atoms with E-state index in [4.69, 9.17) is 19.2 Å². The van der Waals surface area contributed by atoms with Crippen molar-refractivity contribution in [2.45, 2.75) is 96.6 Å². The molecule has 0 atom stereocenters. The molecule has 1 aliphatic rings. The lowest BCUT2D eigenvalue weighted by atomic mass is 9.96. The molecule has 0 saturated heterocycles. The van der Waals surface area contributed by atoms with Crippen LogP contribution in [0.5, 0.6) is 0 Å². The highest BCUT2D eigenvalue weighted by molar-refractivity contribution is 6.73. The van der Waals surface area contributed by atoms with Crippen LogP contribution in [-0.2, 0) is 24.0 Å². The highest BCUT2D eigenvalue weighted by Gasteiger charge is 2.40. The summed E-state index contributed by atoms with van der Waals surface area (Å²) in [6.45, 7) is 7.79. The molecular formula is C16H32O5Si. The fraction of sp³-hybridized carbons (Fsp3) is 0.938. The Labute approximate surface area is 135 Å². The molecular weight excluding hydrogens is 300 g/mol. The Kier molecular flexibility index (Phi) is 8.60. The lowest BCUT2D eigenvalue weighted by molar-refractivity contribution is -0.478. The summed E-state index contributed by atoms with van der Waals surface area (Å²) in [6.07, 6.45) is 6.90. The Balaban J connectivity index is 2.76. The molecule has 1 saturated carbocycles. The molecule has 0 radical (unpaired) electrons. The molecule has 0 N–H and O–H groups in total. The van der Waals surface area contributed by atoms with Crippen LogP contribution in [0.25, 0.3) is 0 Å². The maximum Gasteiger partial charge on any atom is 0.339 e. The first-order valence-electron chi connectivity index (χ1n) is 8.74. The monoisotopic (exact) mass is 332 g/mol. The predicted molar refractivity (Wildman–Crippen MR) is 87.3 cm³/mol. The molecule has 130 valence electrons. The number of rotatable bonds is 8. The molecule has 0 unspecified atom stereocenters. The molecule has 0 amide bonds. The zero-order valence-electron chi connectivity index (χ0n) is 14.6. The molecule has 0 aliphatic heterocycles. The summed E-state index contributed by atoms with van der Waals surface area (Å²) in [5, 5.41) is 0. The van der Waals surface area contributed by atoms with E-state index < -0.39 is 20.1 Å². The molecule has 6 heteroatoms. The molecule has 5 nitrogen and oxygen atoms in total. The van der Waals surface area contributed by atoms with Crippen molar-refractivity contribution in [1.82, 2.24) is 0 Å². The van der Waals surface area contributed by atoms with Crippen molar-refractivity contribution in [2.75, 3.05) is 0 Å². The fourth-order valence-corrected chi connectivity index (χ4v) is 5.03. The van der Waals surface area contributed by atoms with Crippen LogP contribution in [0.3, 0.4) is 0 Å². The third-order valence-electron chi connectivity index (χ3n) is 4.73. The van der Waals surface area contributed by atoms with Crippen molar-refractivity contribution < 1.29 is 24.0 Å². The lowest BCUT2D eigenvalue weighted by Gasteiger charge is -2.36. The smallest absolute Gasteiger partial charge is 0.296 e. The highest BCUT2D eigenvalue weighted by atomic mass is 28.4. The van der Waals surface area contributed by atoms with Crippen molar-refractivity contribution in [3.8, 4) is 0 Å². The van der Waals surface area contributed by atoms with Crippen LogP contribution in [0.1, 0.15) is 72.6 Å². The Hall–Kier alpha value is -0.433. The van der Waals surface area contributed by atoms with Gasteiger partial charge in [0.2, 0.25) is 14.1 Å². The largest absolute Gasteiger partial charge is 0.339 e. The van der Waals surface area contributed by atoms with Gasteiger partial charge in [-0.05, 0) is 31.0 Å². The molecule has 0 bridgehead atoms. The number of carbonyl (C=O) groups excluding carboxylic acids is 1. The minimum absolute atomic E-state index is 0.463. The van der Waals surface area contributed by atoms with Gasteiger partial charge in [0.25, 0.3) is 0 Å². The second-order valence-electron chi connectivity index (χ2n) is 6.25. The van der Waals surface area contributed by atoms with Crippen molar-refractivity contribution in [3.63, 3.8) is 0 Å². The van der Waals surface area contributed by atoms with Gasteiger partial charge < -0.3 is 0 Å². The molecule has 1 rings (SSSR count). The first-order valence-corrected chi connectivity index (χ1v) is 11.3.